The highest BCUT2D eigenvalue weighted by Gasteiger charge is 2.22. The van der Waals surface area contributed by atoms with Gasteiger partial charge in [-0.3, -0.25) is 10.2 Å². The van der Waals surface area contributed by atoms with Crippen molar-refractivity contribution in [3.63, 3.8) is 0 Å². The zero-order chi connectivity index (χ0) is 26.4. The van der Waals surface area contributed by atoms with Crippen molar-refractivity contribution in [2.24, 2.45) is 5.73 Å². The third-order valence-electron chi connectivity index (χ3n) is 5.39. The van der Waals surface area contributed by atoms with E-state index in [4.69, 9.17) is 15.9 Å². The summed E-state index contributed by atoms with van der Waals surface area (Å²) in [5.41, 5.74) is 7.48. The molecule has 0 aliphatic rings. The number of nitrogens with one attached hydrogen (secondary N) is 3. The Bertz CT molecular complexity index is 1470. The molecule has 1 heterocycles. The number of carbonyl (C=O) groups excluding carboxylic acids is 2. The molecule has 0 saturated heterocycles. The lowest BCUT2D eigenvalue weighted by molar-refractivity contribution is -0.139. The molecule has 4 aromatic rings. The number of carboxylic acid groups (broad SMARTS) is 1. The molecule has 0 fully saturated rings. The number of hydrogen-bond acceptors (Lipinski definition) is 6. The van der Waals surface area contributed by atoms with Crippen molar-refractivity contribution in [3.05, 3.63) is 102 Å². The van der Waals surface area contributed by atoms with Gasteiger partial charge in [0.05, 0.1) is 11.1 Å². The summed E-state index contributed by atoms with van der Waals surface area (Å²) in [7, 11) is 0. The first-order valence-electron chi connectivity index (χ1n) is 11.2. The lowest BCUT2D eigenvalue weighted by Gasteiger charge is -2.14. The van der Waals surface area contributed by atoms with Crippen LogP contribution in [0.25, 0.3) is 10.9 Å². The number of rotatable bonds is 8. The predicted molar refractivity (Wildman–Crippen MR) is 138 cm³/mol. The van der Waals surface area contributed by atoms with Crippen molar-refractivity contribution in [2.45, 2.75) is 12.5 Å². The summed E-state index contributed by atoms with van der Waals surface area (Å²) in [6, 6.07) is 22.1. The van der Waals surface area contributed by atoms with Gasteiger partial charge in [-0.05, 0) is 54.1 Å². The molecule has 0 saturated carbocycles. The monoisotopic (exact) mass is 497 g/mol. The average Bonchev–Trinajstić information content (AvgIpc) is 2.88. The number of hydrogen-bond donors (Lipinski definition) is 5. The maximum atomic E-state index is 12.7. The maximum Gasteiger partial charge on any atom is 0.343 e. The van der Waals surface area contributed by atoms with E-state index in [1.54, 1.807) is 72.8 Å². The highest BCUT2D eigenvalue weighted by Crippen LogP contribution is 2.21. The zero-order valence-corrected chi connectivity index (χ0v) is 19.5. The SMILES string of the molecule is N=C(N)Nc1ccc(C(=O)Oc2ccc3nc(C(=O)N[C@@H](Cc4ccccc4)C(=O)O)ccc3c2)cc1. The van der Waals surface area contributed by atoms with Gasteiger partial charge in [-0.15, -0.1) is 0 Å². The van der Waals surface area contributed by atoms with E-state index < -0.39 is 23.9 Å². The number of guanidine groups is 1. The summed E-state index contributed by atoms with van der Waals surface area (Å²) in [4.78, 5) is 41.2. The van der Waals surface area contributed by atoms with Crippen molar-refractivity contribution < 1.29 is 24.2 Å². The fourth-order valence-corrected chi connectivity index (χ4v) is 3.59. The molecule has 0 unspecified atom stereocenters. The fourth-order valence-electron chi connectivity index (χ4n) is 3.59. The number of pyridine rings is 1. The van der Waals surface area contributed by atoms with Crippen molar-refractivity contribution >= 4 is 40.4 Å². The highest BCUT2D eigenvalue weighted by molar-refractivity contribution is 5.97. The number of amides is 1. The minimum absolute atomic E-state index is 0.0656. The number of benzene rings is 3. The van der Waals surface area contributed by atoms with E-state index in [0.29, 0.717) is 22.2 Å². The molecule has 10 heteroatoms. The van der Waals surface area contributed by atoms with Crippen molar-refractivity contribution in [1.82, 2.24) is 10.3 Å². The van der Waals surface area contributed by atoms with Crippen LogP contribution in [0, 0.1) is 5.41 Å². The van der Waals surface area contributed by atoms with E-state index in [1.807, 2.05) is 6.07 Å². The predicted octanol–water partition coefficient (Wildman–Crippen LogP) is 3.19. The molecule has 37 heavy (non-hydrogen) atoms. The van der Waals surface area contributed by atoms with Crippen LogP contribution in [0.3, 0.4) is 0 Å². The number of carboxylic acids is 1. The largest absolute Gasteiger partial charge is 0.480 e. The summed E-state index contributed by atoms with van der Waals surface area (Å²) in [6.07, 6.45) is 0.139. The van der Waals surface area contributed by atoms with Gasteiger partial charge >= 0.3 is 11.9 Å². The molecule has 186 valence electrons. The second-order valence-corrected chi connectivity index (χ2v) is 8.11. The molecule has 1 amide bonds. The molecule has 10 nitrogen and oxygen atoms in total. The Morgan fingerprint density at radius 2 is 1.70 bits per heavy atom. The Balaban J connectivity index is 1.44. The standard InChI is InChI=1S/C27H23N5O5/c28-27(29)30-19-9-6-17(7-10-19)26(36)37-20-11-13-21-18(15-20)8-12-22(31-21)24(33)32-23(25(34)35)14-16-4-2-1-3-5-16/h1-13,15,23H,14H2,(H,32,33)(H,34,35)(H4,28,29,30)/t23-/m0/s1. The molecular weight excluding hydrogens is 474 g/mol. The number of fused-ring (bicyclic) bond motifs is 1. The number of carbonyl (C=O) groups is 3. The van der Waals surface area contributed by atoms with Crippen LogP contribution in [0.4, 0.5) is 5.69 Å². The number of ether oxygens (including phenoxy) is 1. The minimum Gasteiger partial charge on any atom is -0.480 e. The summed E-state index contributed by atoms with van der Waals surface area (Å²) < 4.78 is 5.44. The van der Waals surface area contributed by atoms with Gasteiger partial charge in [-0.2, -0.15) is 0 Å². The molecule has 4 rings (SSSR count). The fraction of sp³-hybridized carbons (Fsp3) is 0.0741. The van der Waals surface area contributed by atoms with Crippen molar-refractivity contribution in [2.75, 3.05) is 5.32 Å². The van der Waals surface area contributed by atoms with Crippen LogP contribution in [0.5, 0.6) is 5.75 Å². The van der Waals surface area contributed by atoms with Crippen molar-refractivity contribution in [3.8, 4) is 5.75 Å². The van der Waals surface area contributed by atoms with Gasteiger partial charge in [0, 0.05) is 17.5 Å². The first kappa shape index (κ1) is 24.9. The van der Waals surface area contributed by atoms with Gasteiger partial charge in [0.1, 0.15) is 17.5 Å². The molecule has 0 aliphatic heterocycles. The smallest absolute Gasteiger partial charge is 0.343 e. The summed E-state index contributed by atoms with van der Waals surface area (Å²) in [5.74, 6) is -2.25. The number of anilines is 1. The van der Waals surface area contributed by atoms with Gasteiger partial charge in [-0.25, -0.2) is 14.6 Å². The van der Waals surface area contributed by atoms with E-state index in [9.17, 15) is 19.5 Å². The normalized spacial score (nSPS) is 11.4. The first-order valence-corrected chi connectivity index (χ1v) is 11.2. The van der Waals surface area contributed by atoms with Crippen LogP contribution in [-0.4, -0.2) is 39.9 Å². The Kier molecular flexibility index (Phi) is 7.39. The van der Waals surface area contributed by atoms with Crippen LogP contribution in [0.1, 0.15) is 26.4 Å². The topological polar surface area (TPSA) is 167 Å². The Hall–Kier alpha value is -5.25. The van der Waals surface area contributed by atoms with Crippen LogP contribution < -0.4 is 21.1 Å². The van der Waals surface area contributed by atoms with E-state index in [-0.39, 0.29) is 23.8 Å². The van der Waals surface area contributed by atoms with Gasteiger partial charge in [0.15, 0.2) is 5.96 Å². The molecule has 1 aromatic heterocycles. The Labute approximate surface area is 211 Å². The van der Waals surface area contributed by atoms with Crippen LogP contribution in [0.2, 0.25) is 0 Å². The van der Waals surface area contributed by atoms with E-state index in [0.717, 1.165) is 5.56 Å². The number of esters is 1. The second kappa shape index (κ2) is 11.0. The van der Waals surface area contributed by atoms with E-state index in [2.05, 4.69) is 15.6 Å². The molecule has 0 bridgehead atoms. The number of nitrogens with two attached hydrogens (primary N) is 1. The molecular formula is C27H23N5O5. The number of aliphatic carboxylic acids is 1. The third-order valence-corrected chi connectivity index (χ3v) is 5.39. The molecule has 1 atom stereocenters. The zero-order valence-electron chi connectivity index (χ0n) is 19.5. The quantitative estimate of drug-likeness (QED) is 0.107. The second-order valence-electron chi connectivity index (χ2n) is 8.11. The van der Waals surface area contributed by atoms with E-state index in [1.165, 1.54) is 6.07 Å². The molecule has 0 radical (unpaired) electrons. The lowest BCUT2D eigenvalue weighted by Crippen LogP contribution is -2.42. The molecule has 0 spiro atoms. The summed E-state index contributed by atoms with van der Waals surface area (Å²) in [5, 5.41) is 22.5. The van der Waals surface area contributed by atoms with Gasteiger partial charge in [-0.1, -0.05) is 36.4 Å². The number of aromatic nitrogens is 1. The van der Waals surface area contributed by atoms with Crippen LogP contribution in [-0.2, 0) is 11.2 Å². The molecule has 6 N–H and O–H groups in total. The first-order chi connectivity index (χ1) is 17.8. The van der Waals surface area contributed by atoms with Gasteiger partial charge < -0.3 is 26.2 Å². The Morgan fingerprint density at radius 3 is 2.38 bits per heavy atom. The van der Waals surface area contributed by atoms with Gasteiger partial charge in [0.2, 0.25) is 0 Å². The lowest BCUT2D eigenvalue weighted by atomic mass is 10.1. The van der Waals surface area contributed by atoms with Crippen molar-refractivity contribution in [1.29, 1.82) is 5.41 Å². The molecule has 0 aliphatic carbocycles. The average molecular weight is 498 g/mol. The minimum atomic E-state index is -1.14. The molecule has 3 aromatic carbocycles. The highest BCUT2D eigenvalue weighted by atomic mass is 16.5. The van der Waals surface area contributed by atoms with Gasteiger partial charge in [0.25, 0.3) is 5.91 Å². The van der Waals surface area contributed by atoms with Crippen LogP contribution in [0.15, 0.2) is 84.9 Å². The number of nitrogens with zero attached hydrogens (tertiary/aromatic N) is 1. The van der Waals surface area contributed by atoms with Crippen LogP contribution >= 0.6 is 0 Å². The van der Waals surface area contributed by atoms with E-state index >= 15 is 0 Å². The maximum absolute atomic E-state index is 12.7. The summed E-state index contributed by atoms with van der Waals surface area (Å²) in [6.45, 7) is 0. The summed E-state index contributed by atoms with van der Waals surface area (Å²) >= 11 is 0. The third kappa shape index (κ3) is 6.45. The Morgan fingerprint density at radius 1 is 0.973 bits per heavy atom.